The summed E-state index contributed by atoms with van der Waals surface area (Å²) in [6.07, 6.45) is 1.99. The van der Waals surface area contributed by atoms with Gasteiger partial charge in [-0.1, -0.05) is 30.3 Å². The van der Waals surface area contributed by atoms with E-state index in [1.165, 1.54) is 15.4 Å². The Morgan fingerprint density at radius 2 is 1.89 bits per heavy atom. The molecule has 2 rings (SSSR count). The van der Waals surface area contributed by atoms with Gasteiger partial charge in [0.1, 0.15) is 5.01 Å². The maximum absolute atomic E-state index is 4.61. The lowest BCUT2D eigenvalue weighted by Gasteiger charge is -2.22. The molecule has 2 nitrogen and oxygen atoms in total. The maximum Gasteiger partial charge on any atom is 0.103 e. The van der Waals surface area contributed by atoms with E-state index < -0.39 is 0 Å². The highest BCUT2D eigenvalue weighted by atomic mass is 32.1. The van der Waals surface area contributed by atoms with Crippen LogP contribution in [0.2, 0.25) is 0 Å². The molecule has 0 fully saturated rings. The number of benzene rings is 1. The van der Waals surface area contributed by atoms with Gasteiger partial charge in [0.05, 0.1) is 0 Å². The van der Waals surface area contributed by atoms with Crippen molar-refractivity contribution >= 4 is 11.3 Å². The maximum atomic E-state index is 4.61. The second-order valence-corrected chi connectivity index (χ2v) is 6.13. The van der Waals surface area contributed by atoms with Crippen molar-refractivity contribution in [1.82, 2.24) is 10.3 Å². The first-order valence-electron chi connectivity index (χ1n) is 6.24. The number of aromatic nitrogens is 1. The first kappa shape index (κ1) is 13.2. The van der Waals surface area contributed by atoms with Crippen molar-refractivity contribution in [3.63, 3.8) is 0 Å². The largest absolute Gasteiger partial charge is 0.312 e. The summed E-state index contributed by atoms with van der Waals surface area (Å²) in [4.78, 5) is 5.90. The minimum Gasteiger partial charge on any atom is -0.312 e. The van der Waals surface area contributed by atoms with Crippen LogP contribution < -0.4 is 5.32 Å². The van der Waals surface area contributed by atoms with Crippen LogP contribution in [0.1, 0.15) is 42.3 Å². The summed E-state index contributed by atoms with van der Waals surface area (Å²) >= 11 is 1.79. The third kappa shape index (κ3) is 2.47. The number of nitrogens with zero attached hydrogens (tertiary/aromatic N) is 1. The van der Waals surface area contributed by atoms with Gasteiger partial charge in [0.2, 0.25) is 0 Å². The van der Waals surface area contributed by atoms with E-state index in [1.54, 1.807) is 11.3 Å². The van der Waals surface area contributed by atoms with Crippen LogP contribution in [0.25, 0.3) is 0 Å². The Morgan fingerprint density at radius 1 is 1.22 bits per heavy atom. The van der Waals surface area contributed by atoms with E-state index in [2.05, 4.69) is 61.4 Å². The van der Waals surface area contributed by atoms with Gasteiger partial charge in [-0.15, -0.1) is 11.3 Å². The molecule has 3 heteroatoms. The Hall–Kier alpha value is -1.19. The van der Waals surface area contributed by atoms with Gasteiger partial charge in [0.15, 0.2) is 0 Å². The molecule has 2 aromatic rings. The first-order chi connectivity index (χ1) is 8.55. The monoisotopic (exact) mass is 260 g/mol. The van der Waals surface area contributed by atoms with Crippen LogP contribution in [0.4, 0.5) is 0 Å². The molecule has 1 aromatic heterocycles. The van der Waals surface area contributed by atoms with Crippen LogP contribution in [-0.2, 0) is 5.41 Å². The standard InChI is InChI=1S/C15H20N2S/c1-11(16-4)13-10-17-14(18-13)15(2,3)12-8-6-5-7-9-12/h5-11,16H,1-4H3. The second kappa shape index (κ2) is 5.21. The van der Waals surface area contributed by atoms with Gasteiger partial charge in [0.25, 0.3) is 0 Å². The minimum absolute atomic E-state index is 0.0301. The molecule has 0 saturated heterocycles. The van der Waals surface area contributed by atoms with Gasteiger partial charge in [-0.2, -0.15) is 0 Å². The van der Waals surface area contributed by atoms with Crippen LogP contribution in [0.15, 0.2) is 36.5 Å². The summed E-state index contributed by atoms with van der Waals surface area (Å²) in [6.45, 7) is 6.62. The summed E-state index contributed by atoms with van der Waals surface area (Å²) in [5.41, 5.74) is 1.28. The van der Waals surface area contributed by atoms with Crippen molar-refractivity contribution in [1.29, 1.82) is 0 Å². The van der Waals surface area contributed by atoms with Gasteiger partial charge >= 0.3 is 0 Å². The molecule has 0 saturated carbocycles. The van der Waals surface area contributed by atoms with Crippen LogP contribution in [0.3, 0.4) is 0 Å². The van der Waals surface area contributed by atoms with E-state index in [1.807, 2.05) is 13.2 Å². The molecule has 96 valence electrons. The third-order valence-corrected chi connectivity index (χ3v) is 4.92. The first-order valence-corrected chi connectivity index (χ1v) is 7.06. The second-order valence-electron chi connectivity index (χ2n) is 5.07. The summed E-state index contributed by atoms with van der Waals surface area (Å²) in [5, 5.41) is 4.43. The molecule has 18 heavy (non-hydrogen) atoms. The average molecular weight is 260 g/mol. The Balaban J connectivity index is 2.33. The van der Waals surface area contributed by atoms with Crippen molar-refractivity contribution < 1.29 is 0 Å². The molecule has 0 radical (unpaired) electrons. The Bertz CT molecular complexity index is 502. The average Bonchev–Trinajstić information content (AvgIpc) is 2.89. The van der Waals surface area contributed by atoms with Crippen molar-refractivity contribution in [2.24, 2.45) is 0 Å². The van der Waals surface area contributed by atoms with Gasteiger partial charge in [-0.25, -0.2) is 4.98 Å². The summed E-state index contributed by atoms with van der Waals surface area (Å²) in [5.74, 6) is 0. The Kier molecular flexibility index (Phi) is 3.83. The lowest BCUT2D eigenvalue weighted by atomic mass is 9.85. The van der Waals surface area contributed by atoms with Gasteiger partial charge in [0, 0.05) is 22.5 Å². The molecule has 0 spiro atoms. The predicted molar refractivity (Wildman–Crippen MR) is 78.2 cm³/mol. The Labute approximate surface area is 113 Å². The van der Waals surface area contributed by atoms with Gasteiger partial charge in [-0.3, -0.25) is 0 Å². The third-order valence-electron chi connectivity index (χ3n) is 3.41. The lowest BCUT2D eigenvalue weighted by molar-refractivity contribution is 0.634. The van der Waals surface area contributed by atoms with Crippen molar-refractivity contribution in [3.8, 4) is 0 Å². The van der Waals surface area contributed by atoms with Crippen molar-refractivity contribution in [2.45, 2.75) is 32.2 Å². The molecule has 1 heterocycles. The SMILES string of the molecule is CNC(C)c1cnc(C(C)(C)c2ccccc2)s1. The van der Waals surface area contributed by atoms with E-state index >= 15 is 0 Å². The van der Waals surface area contributed by atoms with Crippen LogP contribution >= 0.6 is 11.3 Å². The minimum atomic E-state index is -0.0301. The van der Waals surface area contributed by atoms with Gasteiger partial charge in [-0.05, 0) is 33.4 Å². The zero-order chi connectivity index (χ0) is 13.2. The molecule has 0 amide bonds. The molecule has 1 unspecified atom stereocenters. The molecule has 0 aliphatic carbocycles. The van der Waals surface area contributed by atoms with E-state index in [-0.39, 0.29) is 5.41 Å². The molecule has 0 aliphatic rings. The molecular formula is C15H20N2S. The number of hydrogen-bond donors (Lipinski definition) is 1. The lowest BCUT2D eigenvalue weighted by Crippen LogP contribution is -2.18. The molecule has 0 bridgehead atoms. The quantitative estimate of drug-likeness (QED) is 0.905. The van der Waals surface area contributed by atoms with E-state index in [0.717, 1.165) is 0 Å². The predicted octanol–water partition coefficient (Wildman–Crippen LogP) is 3.75. The summed E-state index contributed by atoms with van der Waals surface area (Å²) < 4.78 is 0. The van der Waals surface area contributed by atoms with E-state index in [4.69, 9.17) is 0 Å². The molecule has 1 N–H and O–H groups in total. The van der Waals surface area contributed by atoms with E-state index in [9.17, 15) is 0 Å². The smallest absolute Gasteiger partial charge is 0.103 e. The highest BCUT2D eigenvalue weighted by molar-refractivity contribution is 7.11. The van der Waals surface area contributed by atoms with Crippen LogP contribution in [0, 0.1) is 0 Å². The number of rotatable bonds is 4. The fraction of sp³-hybridized carbons (Fsp3) is 0.400. The number of hydrogen-bond acceptors (Lipinski definition) is 3. The molecule has 0 aliphatic heterocycles. The van der Waals surface area contributed by atoms with Crippen molar-refractivity contribution in [3.05, 3.63) is 52.0 Å². The summed E-state index contributed by atoms with van der Waals surface area (Å²) in [7, 11) is 1.98. The zero-order valence-corrected chi connectivity index (χ0v) is 12.2. The highest BCUT2D eigenvalue weighted by Gasteiger charge is 2.26. The molecular weight excluding hydrogens is 240 g/mol. The molecule has 1 aromatic carbocycles. The van der Waals surface area contributed by atoms with Gasteiger partial charge < -0.3 is 5.32 Å². The van der Waals surface area contributed by atoms with E-state index in [0.29, 0.717) is 6.04 Å². The number of nitrogens with one attached hydrogen (secondary N) is 1. The van der Waals surface area contributed by atoms with Crippen LogP contribution in [-0.4, -0.2) is 12.0 Å². The fourth-order valence-electron chi connectivity index (χ4n) is 1.90. The van der Waals surface area contributed by atoms with Crippen molar-refractivity contribution in [2.75, 3.05) is 7.05 Å². The Morgan fingerprint density at radius 3 is 2.50 bits per heavy atom. The zero-order valence-electron chi connectivity index (χ0n) is 11.4. The highest BCUT2D eigenvalue weighted by Crippen LogP contribution is 2.35. The number of thiazole rings is 1. The molecule has 1 atom stereocenters. The normalized spacial score (nSPS) is 13.6. The summed E-state index contributed by atoms with van der Waals surface area (Å²) in [6, 6.07) is 10.9. The fourth-order valence-corrected chi connectivity index (χ4v) is 3.00. The van der Waals surface area contributed by atoms with Crippen LogP contribution in [0.5, 0.6) is 0 Å². The topological polar surface area (TPSA) is 24.9 Å².